The Morgan fingerprint density at radius 2 is 2.36 bits per heavy atom. The zero-order valence-electron chi connectivity index (χ0n) is 7.18. The van der Waals surface area contributed by atoms with Crippen LogP contribution in [0.2, 0.25) is 5.02 Å². The van der Waals surface area contributed by atoms with Gasteiger partial charge < -0.3 is 5.32 Å². The zero-order valence-corrected chi connectivity index (χ0v) is 7.94. The fraction of sp³-hybridized carbons (Fsp3) is 0.100. The lowest BCUT2D eigenvalue weighted by Gasteiger charge is -2.03. The van der Waals surface area contributed by atoms with Gasteiger partial charge in [0, 0.05) is 0 Å². The van der Waals surface area contributed by atoms with Crippen molar-refractivity contribution in [1.29, 1.82) is 0 Å². The molecule has 0 aromatic heterocycles. The Morgan fingerprint density at radius 3 is 3.00 bits per heavy atom. The van der Waals surface area contributed by atoms with Gasteiger partial charge in [0.2, 0.25) is 0 Å². The number of terminal acetylenes is 1. The number of hydrogen-bond donors (Lipinski definition) is 1. The summed E-state index contributed by atoms with van der Waals surface area (Å²) in [6.45, 7) is 0.0890. The van der Waals surface area contributed by atoms with Crippen molar-refractivity contribution in [1.82, 2.24) is 5.32 Å². The molecule has 0 bridgehead atoms. The number of rotatable bonds is 2. The molecule has 1 aromatic carbocycles. The number of hydrogen-bond acceptors (Lipinski definition) is 1. The van der Waals surface area contributed by atoms with Gasteiger partial charge >= 0.3 is 0 Å². The second-order valence-electron chi connectivity index (χ2n) is 2.51. The van der Waals surface area contributed by atoms with Crippen molar-refractivity contribution in [2.24, 2.45) is 0 Å². The minimum atomic E-state index is -0.514. The molecular formula is C10H7ClFNO. The molecule has 14 heavy (non-hydrogen) atoms. The lowest BCUT2D eigenvalue weighted by atomic mass is 10.2. The van der Waals surface area contributed by atoms with E-state index in [2.05, 4.69) is 11.2 Å². The molecular weight excluding hydrogens is 205 g/mol. The third-order valence-corrected chi connectivity index (χ3v) is 1.85. The molecule has 1 aromatic rings. The predicted octanol–water partition coefficient (Wildman–Crippen LogP) is 1.84. The minimum absolute atomic E-state index is 0.0851. The van der Waals surface area contributed by atoms with Crippen molar-refractivity contribution in [3.63, 3.8) is 0 Å². The monoisotopic (exact) mass is 211 g/mol. The molecule has 0 aliphatic heterocycles. The van der Waals surface area contributed by atoms with Gasteiger partial charge in [0.15, 0.2) is 0 Å². The molecule has 1 amide bonds. The van der Waals surface area contributed by atoms with Crippen molar-refractivity contribution in [2.75, 3.05) is 6.54 Å². The molecule has 0 fully saturated rings. The normalized spacial score (nSPS) is 9.21. The highest BCUT2D eigenvalue weighted by Gasteiger charge is 2.09. The second kappa shape index (κ2) is 4.64. The summed E-state index contributed by atoms with van der Waals surface area (Å²) in [6, 6.07) is 3.57. The van der Waals surface area contributed by atoms with Gasteiger partial charge in [0.05, 0.1) is 17.1 Å². The van der Waals surface area contributed by atoms with Crippen LogP contribution in [-0.4, -0.2) is 12.5 Å². The van der Waals surface area contributed by atoms with Gasteiger partial charge in [0.1, 0.15) is 5.82 Å². The van der Waals surface area contributed by atoms with E-state index in [1.807, 2.05) is 0 Å². The molecule has 0 saturated carbocycles. The number of nitrogens with one attached hydrogen (secondary N) is 1. The quantitative estimate of drug-likeness (QED) is 0.744. The van der Waals surface area contributed by atoms with Gasteiger partial charge in [0.25, 0.3) is 5.91 Å². The summed E-state index contributed by atoms with van der Waals surface area (Å²) in [7, 11) is 0. The van der Waals surface area contributed by atoms with Gasteiger partial charge in [-0.25, -0.2) is 4.39 Å². The van der Waals surface area contributed by atoms with E-state index in [4.69, 9.17) is 18.0 Å². The molecule has 0 aliphatic rings. The molecule has 0 aliphatic carbocycles. The minimum Gasteiger partial charge on any atom is -0.341 e. The van der Waals surface area contributed by atoms with E-state index in [9.17, 15) is 9.18 Å². The molecule has 1 rings (SSSR count). The third kappa shape index (κ3) is 2.48. The maximum atomic E-state index is 12.8. The summed E-state index contributed by atoms with van der Waals surface area (Å²) < 4.78 is 12.8. The van der Waals surface area contributed by atoms with Crippen molar-refractivity contribution >= 4 is 17.5 Å². The lowest BCUT2D eigenvalue weighted by molar-refractivity contribution is 0.0958. The SMILES string of the molecule is C#CCNC(=O)c1cc(F)ccc1Cl. The molecule has 72 valence electrons. The summed E-state index contributed by atoms with van der Waals surface area (Å²) in [4.78, 5) is 11.3. The predicted molar refractivity (Wildman–Crippen MR) is 52.6 cm³/mol. The van der Waals surface area contributed by atoms with Crippen molar-refractivity contribution in [3.8, 4) is 12.3 Å². The Labute approximate surface area is 86.1 Å². The first-order valence-corrected chi connectivity index (χ1v) is 4.19. The van der Waals surface area contributed by atoms with Gasteiger partial charge in [-0.2, -0.15) is 0 Å². The molecule has 0 spiro atoms. The fourth-order valence-electron chi connectivity index (χ4n) is 0.898. The van der Waals surface area contributed by atoms with Crippen LogP contribution >= 0.6 is 11.6 Å². The average molecular weight is 212 g/mol. The summed E-state index contributed by atoms with van der Waals surface area (Å²) >= 11 is 5.69. The molecule has 0 radical (unpaired) electrons. The summed E-state index contributed by atoms with van der Waals surface area (Å²) in [5.41, 5.74) is 0.0851. The molecule has 4 heteroatoms. The Kier molecular flexibility index (Phi) is 3.49. The van der Waals surface area contributed by atoms with E-state index in [0.29, 0.717) is 0 Å². The zero-order chi connectivity index (χ0) is 10.6. The standard InChI is InChI=1S/C10H7ClFNO/c1-2-5-13-10(14)8-6-7(12)3-4-9(8)11/h1,3-4,6H,5H2,(H,13,14). The summed E-state index contributed by atoms with van der Waals surface area (Å²) in [5.74, 6) is 1.24. The largest absolute Gasteiger partial charge is 0.341 e. The van der Waals surface area contributed by atoms with Gasteiger partial charge in [-0.15, -0.1) is 6.42 Å². The van der Waals surface area contributed by atoms with Crippen LogP contribution in [-0.2, 0) is 0 Å². The van der Waals surface area contributed by atoms with Crippen molar-refractivity contribution in [3.05, 3.63) is 34.6 Å². The first kappa shape index (κ1) is 10.6. The molecule has 0 unspecified atom stereocenters. The Hall–Kier alpha value is -1.53. The van der Waals surface area contributed by atoms with E-state index in [1.165, 1.54) is 12.1 Å². The van der Waals surface area contributed by atoms with Crippen LogP contribution in [0.15, 0.2) is 18.2 Å². The summed E-state index contributed by atoms with van der Waals surface area (Å²) in [5, 5.41) is 2.59. The van der Waals surface area contributed by atoms with Gasteiger partial charge in [-0.05, 0) is 18.2 Å². The van der Waals surface area contributed by atoms with Gasteiger partial charge in [-0.3, -0.25) is 4.79 Å². The van der Waals surface area contributed by atoms with E-state index in [0.717, 1.165) is 6.07 Å². The Morgan fingerprint density at radius 1 is 1.64 bits per heavy atom. The van der Waals surface area contributed by atoms with Crippen LogP contribution in [0.5, 0.6) is 0 Å². The van der Waals surface area contributed by atoms with Crippen LogP contribution in [0.3, 0.4) is 0 Å². The molecule has 0 heterocycles. The van der Waals surface area contributed by atoms with Crippen LogP contribution in [0.25, 0.3) is 0 Å². The van der Waals surface area contributed by atoms with Crippen LogP contribution in [0.1, 0.15) is 10.4 Å². The van der Waals surface area contributed by atoms with E-state index >= 15 is 0 Å². The Balaban J connectivity index is 2.90. The number of halogens is 2. The van der Waals surface area contributed by atoms with Crippen LogP contribution in [0.4, 0.5) is 4.39 Å². The topological polar surface area (TPSA) is 29.1 Å². The van der Waals surface area contributed by atoms with Crippen LogP contribution < -0.4 is 5.32 Å². The van der Waals surface area contributed by atoms with E-state index < -0.39 is 11.7 Å². The maximum absolute atomic E-state index is 12.8. The van der Waals surface area contributed by atoms with E-state index in [-0.39, 0.29) is 17.1 Å². The number of carbonyl (C=O) groups is 1. The highest BCUT2D eigenvalue weighted by Crippen LogP contribution is 2.16. The second-order valence-corrected chi connectivity index (χ2v) is 2.92. The molecule has 2 nitrogen and oxygen atoms in total. The number of amides is 1. The fourth-order valence-corrected chi connectivity index (χ4v) is 1.10. The van der Waals surface area contributed by atoms with Crippen molar-refractivity contribution < 1.29 is 9.18 Å². The first-order chi connectivity index (χ1) is 6.65. The lowest BCUT2D eigenvalue weighted by Crippen LogP contribution is -2.23. The molecule has 0 saturated heterocycles. The smallest absolute Gasteiger partial charge is 0.253 e. The molecule has 1 N–H and O–H groups in total. The van der Waals surface area contributed by atoms with E-state index in [1.54, 1.807) is 0 Å². The molecule has 0 atom stereocenters. The number of carbonyl (C=O) groups excluding carboxylic acids is 1. The number of benzene rings is 1. The summed E-state index contributed by atoms with van der Waals surface area (Å²) in [6.07, 6.45) is 4.95. The first-order valence-electron chi connectivity index (χ1n) is 3.82. The van der Waals surface area contributed by atoms with Crippen LogP contribution in [0, 0.1) is 18.2 Å². The third-order valence-electron chi connectivity index (χ3n) is 1.52. The van der Waals surface area contributed by atoms with Crippen molar-refractivity contribution in [2.45, 2.75) is 0 Å². The average Bonchev–Trinajstić information content (AvgIpc) is 2.18. The Bertz CT molecular complexity index is 398. The maximum Gasteiger partial charge on any atom is 0.253 e. The van der Waals surface area contributed by atoms with Gasteiger partial charge in [-0.1, -0.05) is 17.5 Å². The highest BCUT2D eigenvalue weighted by atomic mass is 35.5. The highest BCUT2D eigenvalue weighted by molar-refractivity contribution is 6.33.